The average molecular weight is 296 g/mol. The Kier molecular flexibility index (Phi) is 3.45. The van der Waals surface area contributed by atoms with Crippen LogP contribution in [0.25, 0.3) is 10.9 Å². The van der Waals surface area contributed by atoms with Crippen LogP contribution in [-0.4, -0.2) is 29.1 Å². The van der Waals surface area contributed by atoms with Gasteiger partial charge in [-0.1, -0.05) is 24.3 Å². The number of pyridine rings is 1. The molecule has 0 aliphatic carbocycles. The van der Waals surface area contributed by atoms with E-state index in [1.165, 1.54) is 0 Å². The van der Waals surface area contributed by atoms with E-state index in [1.54, 1.807) is 0 Å². The molecule has 0 spiro atoms. The van der Waals surface area contributed by atoms with Gasteiger partial charge in [-0.3, -0.25) is 9.88 Å². The molecule has 3 fully saturated rings. The van der Waals surface area contributed by atoms with E-state index >= 15 is 4.39 Å². The van der Waals surface area contributed by atoms with Crippen LogP contribution in [0.15, 0.2) is 49.2 Å². The highest BCUT2D eigenvalue weighted by Gasteiger charge is 2.42. The summed E-state index contributed by atoms with van der Waals surface area (Å²) in [6.45, 7) is 5.87. The van der Waals surface area contributed by atoms with Crippen LogP contribution in [0.2, 0.25) is 0 Å². The van der Waals surface area contributed by atoms with Crippen LogP contribution in [0.4, 0.5) is 4.39 Å². The summed E-state index contributed by atoms with van der Waals surface area (Å²) in [6.07, 6.45) is 4.75. The molecule has 2 bridgehead atoms. The molecule has 0 saturated carbocycles. The number of hydrogen-bond acceptors (Lipinski definition) is 2. The summed E-state index contributed by atoms with van der Waals surface area (Å²) in [6, 6.07) is 9.91. The molecule has 3 aliphatic heterocycles. The number of fused-ring (bicyclic) bond motifs is 5. The van der Waals surface area contributed by atoms with E-state index in [4.69, 9.17) is 0 Å². The van der Waals surface area contributed by atoms with Gasteiger partial charge in [-0.05, 0) is 48.9 Å². The highest BCUT2D eigenvalue weighted by molar-refractivity contribution is 5.82. The van der Waals surface area contributed by atoms with Crippen molar-refractivity contribution in [2.45, 2.75) is 25.1 Å². The van der Waals surface area contributed by atoms with E-state index in [9.17, 15) is 0 Å². The van der Waals surface area contributed by atoms with Crippen LogP contribution < -0.4 is 0 Å². The van der Waals surface area contributed by atoms with Crippen molar-refractivity contribution in [3.63, 3.8) is 0 Å². The van der Waals surface area contributed by atoms with Crippen LogP contribution in [0.5, 0.6) is 0 Å². The van der Waals surface area contributed by atoms with E-state index in [1.807, 2.05) is 36.5 Å². The van der Waals surface area contributed by atoms with Crippen molar-refractivity contribution in [3.05, 3.63) is 54.7 Å². The minimum Gasteiger partial charge on any atom is -0.293 e. The van der Waals surface area contributed by atoms with Crippen molar-refractivity contribution in [2.24, 2.45) is 11.8 Å². The Balaban J connectivity index is 1.81. The van der Waals surface area contributed by atoms with Gasteiger partial charge in [0.1, 0.15) is 6.17 Å². The summed E-state index contributed by atoms with van der Waals surface area (Å²) in [5.74, 6) is 0.868. The molecular weight excluding hydrogens is 275 g/mol. The van der Waals surface area contributed by atoms with E-state index in [2.05, 4.69) is 22.5 Å². The molecule has 2 aromatic rings. The van der Waals surface area contributed by atoms with Crippen molar-refractivity contribution < 1.29 is 4.39 Å². The lowest BCUT2D eigenvalue weighted by molar-refractivity contribution is 0.113. The second kappa shape index (κ2) is 5.47. The summed E-state index contributed by atoms with van der Waals surface area (Å²) < 4.78 is 15.1. The van der Waals surface area contributed by atoms with Crippen LogP contribution >= 0.6 is 0 Å². The number of nitrogens with zero attached hydrogens (tertiary/aromatic N) is 2. The lowest BCUT2D eigenvalue weighted by atomic mass is 9.84. The summed E-state index contributed by atoms with van der Waals surface area (Å²) in [7, 11) is 0. The lowest BCUT2D eigenvalue weighted by Gasteiger charge is -2.36. The van der Waals surface area contributed by atoms with E-state index in [0.717, 1.165) is 36.0 Å². The first kappa shape index (κ1) is 13.9. The molecule has 0 radical (unpaired) electrons. The molecule has 1 aromatic carbocycles. The summed E-state index contributed by atoms with van der Waals surface area (Å²) in [5, 5.41) is 1.08. The van der Waals surface area contributed by atoms with Crippen molar-refractivity contribution in [1.29, 1.82) is 0 Å². The standard InChI is InChI=1S/C19H21FN2/c1-2-13-12-22-10-8-14(13)11-17(20)19(22)16-7-9-21-18-6-4-3-5-15(16)18/h2-7,9,13-14,17,19H,1,8,10-12H2/t13-,14-,17+,19-/m0/s1. The van der Waals surface area contributed by atoms with Crippen molar-refractivity contribution in [2.75, 3.05) is 13.1 Å². The van der Waals surface area contributed by atoms with Gasteiger partial charge in [0.2, 0.25) is 0 Å². The molecule has 3 saturated heterocycles. The predicted octanol–water partition coefficient (Wildman–Crippen LogP) is 4.14. The quantitative estimate of drug-likeness (QED) is 0.774. The fourth-order valence-corrected chi connectivity index (χ4v) is 4.28. The molecule has 3 heteroatoms. The fraction of sp³-hybridized carbons (Fsp3) is 0.421. The van der Waals surface area contributed by atoms with Crippen molar-refractivity contribution in [3.8, 4) is 0 Å². The summed E-state index contributed by atoms with van der Waals surface area (Å²) in [4.78, 5) is 6.74. The molecule has 3 aliphatic rings. The van der Waals surface area contributed by atoms with Crippen LogP contribution in [0, 0.1) is 11.8 Å². The third-order valence-corrected chi connectivity index (χ3v) is 5.41. The highest BCUT2D eigenvalue weighted by atomic mass is 19.1. The Morgan fingerprint density at radius 3 is 3.00 bits per heavy atom. The Bertz CT molecular complexity index is 693. The third kappa shape index (κ3) is 2.15. The average Bonchev–Trinajstić information content (AvgIpc) is 2.79. The number of piperidine rings is 1. The number of aromatic nitrogens is 1. The third-order valence-electron chi connectivity index (χ3n) is 5.41. The molecule has 1 aromatic heterocycles. The number of benzene rings is 1. The number of alkyl halides is 1. The largest absolute Gasteiger partial charge is 0.293 e. The first-order valence-corrected chi connectivity index (χ1v) is 8.12. The second-order valence-corrected chi connectivity index (χ2v) is 6.56. The molecule has 0 amide bonds. The molecule has 114 valence electrons. The van der Waals surface area contributed by atoms with Gasteiger partial charge in [-0.15, -0.1) is 6.58 Å². The lowest BCUT2D eigenvalue weighted by Crippen LogP contribution is -2.39. The molecule has 0 N–H and O–H groups in total. The predicted molar refractivity (Wildman–Crippen MR) is 87.4 cm³/mol. The van der Waals surface area contributed by atoms with Crippen LogP contribution in [0.1, 0.15) is 24.4 Å². The Morgan fingerprint density at radius 2 is 2.14 bits per heavy atom. The zero-order valence-corrected chi connectivity index (χ0v) is 12.7. The maximum Gasteiger partial charge on any atom is 0.120 e. The first-order valence-electron chi connectivity index (χ1n) is 8.12. The van der Waals surface area contributed by atoms with Gasteiger partial charge in [-0.25, -0.2) is 4.39 Å². The van der Waals surface area contributed by atoms with E-state index in [-0.39, 0.29) is 6.04 Å². The maximum atomic E-state index is 15.1. The zero-order chi connectivity index (χ0) is 15.1. The Hall–Kier alpha value is -1.74. The van der Waals surface area contributed by atoms with E-state index in [0.29, 0.717) is 18.3 Å². The van der Waals surface area contributed by atoms with Crippen LogP contribution in [0.3, 0.4) is 0 Å². The second-order valence-electron chi connectivity index (χ2n) is 6.56. The van der Waals surface area contributed by atoms with Crippen LogP contribution in [-0.2, 0) is 0 Å². The number of rotatable bonds is 2. The molecule has 5 rings (SSSR count). The normalized spacial score (nSPS) is 34.5. The minimum absolute atomic E-state index is 0.150. The number of para-hydroxylation sites is 1. The molecule has 4 heterocycles. The molecular formula is C19H21FN2. The molecule has 2 nitrogen and oxygen atoms in total. The van der Waals surface area contributed by atoms with Gasteiger partial charge in [0, 0.05) is 18.1 Å². The van der Waals surface area contributed by atoms with Gasteiger partial charge in [0.25, 0.3) is 0 Å². The summed E-state index contributed by atoms with van der Waals surface area (Å²) in [5.41, 5.74) is 2.04. The zero-order valence-electron chi connectivity index (χ0n) is 12.7. The molecule has 22 heavy (non-hydrogen) atoms. The smallest absolute Gasteiger partial charge is 0.120 e. The van der Waals surface area contributed by atoms with Gasteiger partial charge in [-0.2, -0.15) is 0 Å². The van der Waals surface area contributed by atoms with Gasteiger partial charge >= 0.3 is 0 Å². The topological polar surface area (TPSA) is 16.1 Å². The monoisotopic (exact) mass is 296 g/mol. The van der Waals surface area contributed by atoms with Gasteiger partial charge < -0.3 is 0 Å². The van der Waals surface area contributed by atoms with Crippen molar-refractivity contribution >= 4 is 10.9 Å². The Morgan fingerprint density at radius 1 is 1.27 bits per heavy atom. The van der Waals surface area contributed by atoms with Gasteiger partial charge in [0.05, 0.1) is 11.6 Å². The maximum absolute atomic E-state index is 15.1. The molecule has 5 atom stereocenters. The van der Waals surface area contributed by atoms with Gasteiger partial charge in [0.15, 0.2) is 0 Å². The number of hydrogen-bond donors (Lipinski definition) is 0. The van der Waals surface area contributed by atoms with Crippen molar-refractivity contribution in [1.82, 2.24) is 9.88 Å². The first-order chi connectivity index (χ1) is 10.8. The SMILES string of the molecule is C=C[C@H]1CN2CC[C@H]1C[C@@H](F)[C@@H]2c1ccnc2ccccc12. The Labute approximate surface area is 130 Å². The summed E-state index contributed by atoms with van der Waals surface area (Å²) >= 11 is 0. The fourth-order valence-electron chi connectivity index (χ4n) is 4.28. The highest BCUT2D eigenvalue weighted by Crippen LogP contribution is 2.43. The number of halogens is 1. The molecule has 1 unspecified atom stereocenters. The minimum atomic E-state index is -0.816. The van der Waals surface area contributed by atoms with E-state index < -0.39 is 6.17 Å².